The zero-order valence-corrected chi connectivity index (χ0v) is 11.7. The van der Waals surface area contributed by atoms with Crippen molar-refractivity contribution in [1.29, 1.82) is 0 Å². The lowest BCUT2D eigenvalue weighted by molar-refractivity contribution is 0.116. The summed E-state index contributed by atoms with van der Waals surface area (Å²) >= 11 is 5.07. The van der Waals surface area contributed by atoms with Crippen LogP contribution in [0.25, 0.3) is 0 Å². The summed E-state index contributed by atoms with van der Waals surface area (Å²) in [6, 6.07) is 3.86. The lowest BCUT2D eigenvalue weighted by atomic mass is 10.2. The molecular weight excluding hydrogens is 246 g/mol. The molecular formula is C13H19N3OS. The minimum atomic E-state index is 0.288. The monoisotopic (exact) mass is 265 g/mol. The van der Waals surface area contributed by atoms with Crippen LogP contribution in [0.1, 0.15) is 24.1 Å². The van der Waals surface area contributed by atoms with Crippen molar-refractivity contribution < 1.29 is 4.74 Å². The molecule has 1 aromatic heterocycles. The number of rotatable bonds is 4. The molecule has 4 nitrogen and oxygen atoms in total. The normalized spacial score (nSPS) is 18.9. The van der Waals surface area contributed by atoms with Gasteiger partial charge in [0.25, 0.3) is 0 Å². The van der Waals surface area contributed by atoms with Gasteiger partial charge in [-0.1, -0.05) is 12.2 Å². The lowest BCUT2D eigenvalue weighted by Gasteiger charge is -2.24. The number of pyridine rings is 1. The van der Waals surface area contributed by atoms with Gasteiger partial charge in [0.2, 0.25) is 0 Å². The quantitative estimate of drug-likeness (QED) is 0.839. The number of likely N-dealkylation sites (N-methyl/N-ethyl adjacent to an activating group) is 1. The first-order valence-corrected chi connectivity index (χ1v) is 6.59. The summed E-state index contributed by atoms with van der Waals surface area (Å²) in [6.45, 7) is 3.65. The van der Waals surface area contributed by atoms with E-state index in [9.17, 15) is 0 Å². The molecule has 0 saturated carbocycles. The van der Waals surface area contributed by atoms with E-state index in [1.165, 1.54) is 0 Å². The van der Waals surface area contributed by atoms with Crippen LogP contribution in [0.3, 0.4) is 0 Å². The molecule has 18 heavy (non-hydrogen) atoms. The van der Waals surface area contributed by atoms with Crippen LogP contribution in [0.2, 0.25) is 0 Å². The number of anilines is 1. The van der Waals surface area contributed by atoms with Crippen molar-refractivity contribution in [2.24, 2.45) is 5.73 Å². The maximum Gasteiger partial charge on any atom is 0.138 e. The molecule has 1 unspecified atom stereocenters. The maximum absolute atomic E-state index is 5.74. The molecule has 0 aromatic carbocycles. The topological polar surface area (TPSA) is 51.4 Å². The second-order valence-corrected chi connectivity index (χ2v) is 5.14. The summed E-state index contributed by atoms with van der Waals surface area (Å²) in [5.74, 6) is 0.845. The van der Waals surface area contributed by atoms with E-state index in [0.29, 0.717) is 4.99 Å². The van der Waals surface area contributed by atoms with Crippen LogP contribution >= 0.6 is 12.2 Å². The van der Waals surface area contributed by atoms with Crippen LogP contribution in [0.15, 0.2) is 12.1 Å². The van der Waals surface area contributed by atoms with Crippen molar-refractivity contribution in [3.05, 3.63) is 23.4 Å². The fourth-order valence-electron chi connectivity index (χ4n) is 2.21. The van der Waals surface area contributed by atoms with E-state index in [0.717, 1.165) is 43.1 Å². The summed E-state index contributed by atoms with van der Waals surface area (Å²) in [5.41, 5.74) is 7.54. The number of aromatic nitrogens is 1. The number of ether oxygens (including phenoxy) is 1. The Hall–Kier alpha value is -1.20. The highest BCUT2D eigenvalue weighted by Crippen LogP contribution is 2.20. The van der Waals surface area contributed by atoms with Crippen molar-refractivity contribution in [1.82, 2.24) is 4.98 Å². The zero-order chi connectivity index (χ0) is 13.1. The van der Waals surface area contributed by atoms with Crippen LogP contribution in [0.5, 0.6) is 0 Å². The van der Waals surface area contributed by atoms with Crippen molar-refractivity contribution in [3.63, 3.8) is 0 Å². The zero-order valence-electron chi connectivity index (χ0n) is 10.8. The molecule has 0 spiro atoms. The highest BCUT2D eigenvalue weighted by Gasteiger charge is 2.20. The van der Waals surface area contributed by atoms with Gasteiger partial charge in [0.1, 0.15) is 10.8 Å². The van der Waals surface area contributed by atoms with E-state index in [2.05, 4.69) is 9.88 Å². The second-order valence-electron chi connectivity index (χ2n) is 4.70. The van der Waals surface area contributed by atoms with Crippen molar-refractivity contribution in [2.75, 3.05) is 25.1 Å². The molecule has 2 heterocycles. The summed E-state index contributed by atoms with van der Waals surface area (Å²) < 4.78 is 5.64. The largest absolute Gasteiger partial charge is 0.389 e. The first kappa shape index (κ1) is 13.2. The van der Waals surface area contributed by atoms with E-state index in [4.69, 9.17) is 22.7 Å². The number of hydrogen-bond acceptors (Lipinski definition) is 4. The van der Waals surface area contributed by atoms with E-state index in [-0.39, 0.29) is 6.10 Å². The van der Waals surface area contributed by atoms with Gasteiger partial charge in [0, 0.05) is 25.9 Å². The Labute approximate surface area is 113 Å². The Bertz CT molecular complexity index is 444. The number of hydrogen-bond donors (Lipinski definition) is 1. The van der Waals surface area contributed by atoms with Crippen LogP contribution < -0.4 is 10.6 Å². The van der Waals surface area contributed by atoms with Crippen LogP contribution in [0, 0.1) is 6.92 Å². The molecule has 0 amide bonds. The summed E-state index contributed by atoms with van der Waals surface area (Å²) in [5, 5.41) is 0. The van der Waals surface area contributed by atoms with Gasteiger partial charge < -0.3 is 15.4 Å². The van der Waals surface area contributed by atoms with Crippen molar-refractivity contribution in [3.8, 4) is 0 Å². The number of aryl methyl sites for hydroxylation is 1. The van der Waals surface area contributed by atoms with Crippen LogP contribution in [0.4, 0.5) is 5.82 Å². The molecule has 1 aromatic rings. The van der Waals surface area contributed by atoms with E-state index >= 15 is 0 Å². The van der Waals surface area contributed by atoms with E-state index < -0.39 is 0 Å². The minimum absolute atomic E-state index is 0.288. The first-order valence-electron chi connectivity index (χ1n) is 6.18. The maximum atomic E-state index is 5.74. The highest BCUT2D eigenvalue weighted by atomic mass is 32.1. The summed E-state index contributed by atoms with van der Waals surface area (Å²) in [7, 11) is 2.01. The molecule has 1 saturated heterocycles. The molecule has 2 rings (SSSR count). The van der Waals surface area contributed by atoms with Gasteiger partial charge in [-0.2, -0.15) is 0 Å². The second kappa shape index (κ2) is 5.63. The van der Waals surface area contributed by atoms with E-state index in [1.54, 1.807) is 0 Å². The van der Waals surface area contributed by atoms with E-state index in [1.807, 2.05) is 26.1 Å². The molecule has 0 aliphatic carbocycles. The average molecular weight is 265 g/mol. The standard InChI is InChI=1S/C13H19N3OS/c1-9-5-6-11(12(14)18)13(15-9)16(2)8-10-4-3-7-17-10/h5-6,10H,3-4,7-8H2,1-2H3,(H2,14,18). The summed E-state index contributed by atoms with van der Waals surface area (Å²) in [4.78, 5) is 7.01. The van der Waals surface area contributed by atoms with Gasteiger partial charge in [0.15, 0.2) is 0 Å². The SMILES string of the molecule is Cc1ccc(C(N)=S)c(N(C)CC2CCCO2)n1. The van der Waals surface area contributed by atoms with Crippen LogP contribution in [-0.4, -0.2) is 36.3 Å². The van der Waals surface area contributed by atoms with Crippen molar-refractivity contribution >= 4 is 23.0 Å². The third-order valence-electron chi connectivity index (χ3n) is 3.14. The number of nitrogens with zero attached hydrogens (tertiary/aromatic N) is 2. The first-order chi connectivity index (χ1) is 8.58. The third-order valence-corrected chi connectivity index (χ3v) is 3.36. The third kappa shape index (κ3) is 2.97. The molecule has 1 fully saturated rings. The molecule has 5 heteroatoms. The Morgan fingerprint density at radius 3 is 3.00 bits per heavy atom. The molecule has 98 valence electrons. The van der Waals surface area contributed by atoms with Gasteiger partial charge in [-0.3, -0.25) is 0 Å². The minimum Gasteiger partial charge on any atom is -0.389 e. The average Bonchev–Trinajstić information content (AvgIpc) is 2.81. The van der Waals surface area contributed by atoms with Gasteiger partial charge in [0.05, 0.1) is 11.7 Å². The predicted molar refractivity (Wildman–Crippen MR) is 77.1 cm³/mol. The molecule has 0 radical (unpaired) electrons. The fourth-order valence-corrected chi connectivity index (χ4v) is 2.37. The molecule has 2 N–H and O–H groups in total. The smallest absolute Gasteiger partial charge is 0.138 e. The molecule has 0 bridgehead atoms. The Morgan fingerprint density at radius 2 is 2.39 bits per heavy atom. The van der Waals surface area contributed by atoms with Gasteiger partial charge in [-0.15, -0.1) is 0 Å². The molecule has 1 atom stereocenters. The lowest BCUT2D eigenvalue weighted by Crippen LogP contribution is -2.31. The molecule has 1 aliphatic rings. The van der Waals surface area contributed by atoms with Crippen molar-refractivity contribution in [2.45, 2.75) is 25.9 Å². The molecule has 1 aliphatic heterocycles. The summed E-state index contributed by atoms with van der Waals surface area (Å²) in [6.07, 6.45) is 2.54. The Balaban J connectivity index is 2.19. The predicted octanol–water partition coefficient (Wildman–Crippen LogP) is 1.64. The highest BCUT2D eigenvalue weighted by molar-refractivity contribution is 7.80. The fraction of sp³-hybridized carbons (Fsp3) is 0.538. The van der Waals surface area contributed by atoms with Gasteiger partial charge in [-0.25, -0.2) is 4.98 Å². The van der Waals surface area contributed by atoms with Gasteiger partial charge >= 0.3 is 0 Å². The Morgan fingerprint density at radius 1 is 1.61 bits per heavy atom. The van der Waals surface area contributed by atoms with Gasteiger partial charge in [-0.05, 0) is 31.9 Å². The number of thiocarbonyl (C=S) groups is 1. The Kier molecular flexibility index (Phi) is 4.14. The number of nitrogens with two attached hydrogens (primary N) is 1. The van der Waals surface area contributed by atoms with Crippen LogP contribution in [-0.2, 0) is 4.74 Å².